The van der Waals surface area contributed by atoms with Crippen LogP contribution in [-0.2, 0) is 7.05 Å². The quantitative estimate of drug-likeness (QED) is 0.386. The number of aromatic nitrogens is 6. The zero-order chi connectivity index (χ0) is 24.1. The summed E-state index contributed by atoms with van der Waals surface area (Å²) in [6, 6.07) is 21.8. The van der Waals surface area contributed by atoms with Crippen LogP contribution in [0.3, 0.4) is 0 Å². The number of fused-ring (bicyclic) bond motifs is 2. The molecule has 0 spiro atoms. The Bertz CT molecular complexity index is 1520. The van der Waals surface area contributed by atoms with Crippen LogP contribution in [0, 0.1) is 6.92 Å². The van der Waals surface area contributed by atoms with Crippen molar-refractivity contribution in [3.63, 3.8) is 0 Å². The van der Waals surface area contributed by atoms with Gasteiger partial charge in [0.1, 0.15) is 6.04 Å². The molecule has 2 N–H and O–H groups in total. The molecule has 0 bridgehead atoms. The molecular weight excluding hydrogens is 460 g/mol. The van der Waals surface area contributed by atoms with E-state index in [0.29, 0.717) is 11.0 Å². The molecule has 0 amide bonds. The summed E-state index contributed by atoms with van der Waals surface area (Å²) in [6.45, 7) is 2.07. The van der Waals surface area contributed by atoms with Gasteiger partial charge in [-0.1, -0.05) is 52.6 Å². The molecule has 0 fully saturated rings. The van der Waals surface area contributed by atoms with Crippen molar-refractivity contribution in [3.05, 3.63) is 112 Å². The van der Waals surface area contributed by atoms with Gasteiger partial charge in [-0.3, -0.25) is 4.90 Å². The maximum atomic E-state index is 6.70. The predicted octanol–water partition coefficient (Wildman–Crippen LogP) is 4.84. The number of halogens is 1. The molecule has 0 saturated carbocycles. The first-order valence-corrected chi connectivity index (χ1v) is 11.6. The fourth-order valence-corrected chi connectivity index (χ4v) is 4.91. The van der Waals surface area contributed by atoms with Crippen molar-refractivity contribution in [2.45, 2.75) is 19.0 Å². The Labute approximate surface area is 207 Å². The maximum absolute atomic E-state index is 6.70. The second-order valence-corrected chi connectivity index (χ2v) is 9.21. The number of nitrogens with zero attached hydrogens (tertiary/aromatic N) is 7. The van der Waals surface area contributed by atoms with E-state index in [0.717, 1.165) is 33.8 Å². The second-order valence-electron chi connectivity index (χ2n) is 8.78. The summed E-state index contributed by atoms with van der Waals surface area (Å²) in [5.74, 6) is 0.634. The van der Waals surface area contributed by atoms with Gasteiger partial charge in [-0.05, 0) is 64.9 Å². The summed E-state index contributed by atoms with van der Waals surface area (Å²) in [5, 5.41) is 13.5. The Morgan fingerprint density at radius 1 is 1.03 bits per heavy atom. The van der Waals surface area contributed by atoms with Crippen LogP contribution >= 0.6 is 11.6 Å². The first kappa shape index (κ1) is 21.5. The van der Waals surface area contributed by atoms with E-state index >= 15 is 0 Å². The largest absolute Gasteiger partial charge is 0.336 e. The van der Waals surface area contributed by atoms with E-state index < -0.39 is 0 Å². The fraction of sp³-hybridized carbons (Fsp3) is 0.154. The lowest BCUT2D eigenvalue weighted by Crippen LogP contribution is -2.28. The molecule has 0 radical (unpaired) electrons. The molecule has 0 saturated heterocycles. The summed E-state index contributed by atoms with van der Waals surface area (Å²) in [5.41, 5.74) is 13.8. The highest BCUT2D eigenvalue weighted by atomic mass is 35.5. The minimum absolute atomic E-state index is 0.269. The van der Waals surface area contributed by atoms with E-state index in [9.17, 15) is 0 Å². The molecule has 2 unspecified atom stereocenters. The normalized spacial score (nSPS) is 15.5. The van der Waals surface area contributed by atoms with Crippen LogP contribution in [0.2, 0.25) is 5.02 Å². The van der Waals surface area contributed by atoms with Gasteiger partial charge < -0.3 is 10.3 Å². The van der Waals surface area contributed by atoms with E-state index in [1.807, 2.05) is 40.6 Å². The Morgan fingerprint density at radius 3 is 2.60 bits per heavy atom. The average Bonchev–Trinajstić information content (AvgIpc) is 3.51. The number of nitrogens with two attached hydrogens (primary N) is 1. The van der Waals surface area contributed by atoms with Crippen LogP contribution in [-0.4, -0.2) is 29.8 Å². The van der Waals surface area contributed by atoms with E-state index in [4.69, 9.17) is 17.3 Å². The molecule has 0 aliphatic carbocycles. The third kappa shape index (κ3) is 3.58. The van der Waals surface area contributed by atoms with Crippen molar-refractivity contribution >= 4 is 28.9 Å². The molecular formula is C26H23ClN8. The van der Waals surface area contributed by atoms with Crippen LogP contribution in [0.5, 0.6) is 0 Å². The number of aryl methyl sites for hydroxylation is 2. The third-order valence-electron chi connectivity index (χ3n) is 6.50. The number of imidazole rings is 1. The Hall–Kier alpha value is -4.01. The maximum Gasteiger partial charge on any atom is 0.255 e. The molecule has 2 aromatic heterocycles. The number of rotatable bonds is 4. The highest BCUT2D eigenvalue weighted by molar-refractivity contribution is 6.30. The monoisotopic (exact) mass is 482 g/mol. The number of benzene rings is 3. The van der Waals surface area contributed by atoms with Crippen molar-refractivity contribution in [2.24, 2.45) is 12.8 Å². The van der Waals surface area contributed by atoms with Gasteiger partial charge in [0.05, 0.1) is 29.9 Å². The number of hydrogen-bond donors (Lipinski definition) is 1. The molecule has 35 heavy (non-hydrogen) atoms. The van der Waals surface area contributed by atoms with Gasteiger partial charge >= 0.3 is 0 Å². The lowest BCUT2D eigenvalue weighted by molar-refractivity contribution is 0.561. The van der Waals surface area contributed by atoms with Crippen LogP contribution in [0.1, 0.15) is 40.0 Å². The Kier molecular flexibility index (Phi) is 5.12. The summed E-state index contributed by atoms with van der Waals surface area (Å²) in [6.07, 6.45) is 3.56. The third-order valence-corrected chi connectivity index (χ3v) is 6.73. The van der Waals surface area contributed by atoms with Crippen molar-refractivity contribution in [2.75, 3.05) is 4.90 Å². The van der Waals surface area contributed by atoms with Gasteiger partial charge in [0.2, 0.25) is 0 Å². The van der Waals surface area contributed by atoms with Gasteiger partial charge in [-0.25, -0.2) is 4.98 Å². The standard InChI is InChI=1S/C26H23ClN8/c1-16-6-9-20(10-7-16)34-22-11-8-17(24(28)23-14-29-15-33(23)2)13-21(22)25(35-26(34)30-31-32-35)18-4-3-5-19(27)12-18/h3-15,24-25H,28H2,1-2H3. The van der Waals surface area contributed by atoms with Crippen molar-refractivity contribution in [3.8, 4) is 0 Å². The molecule has 6 rings (SSSR count). The number of hydrogen-bond acceptors (Lipinski definition) is 6. The van der Waals surface area contributed by atoms with E-state index in [1.165, 1.54) is 5.56 Å². The summed E-state index contributed by atoms with van der Waals surface area (Å²) < 4.78 is 3.78. The summed E-state index contributed by atoms with van der Waals surface area (Å²) in [7, 11) is 1.95. The second kappa shape index (κ2) is 8.33. The molecule has 174 valence electrons. The Balaban J connectivity index is 1.58. The van der Waals surface area contributed by atoms with Gasteiger partial charge in [0, 0.05) is 23.3 Å². The van der Waals surface area contributed by atoms with Crippen molar-refractivity contribution in [1.29, 1.82) is 0 Å². The average molecular weight is 483 g/mol. The minimum Gasteiger partial charge on any atom is -0.336 e. The van der Waals surface area contributed by atoms with E-state index in [1.54, 1.807) is 12.5 Å². The smallest absolute Gasteiger partial charge is 0.255 e. The van der Waals surface area contributed by atoms with Crippen LogP contribution in [0.4, 0.5) is 17.3 Å². The number of anilines is 3. The molecule has 1 aliphatic rings. The lowest BCUT2D eigenvalue weighted by atomic mass is 9.91. The topological polar surface area (TPSA) is 90.7 Å². The summed E-state index contributed by atoms with van der Waals surface area (Å²) in [4.78, 5) is 6.32. The zero-order valence-corrected chi connectivity index (χ0v) is 20.0. The molecule has 1 aliphatic heterocycles. The van der Waals surface area contributed by atoms with Gasteiger partial charge in [0.15, 0.2) is 0 Å². The van der Waals surface area contributed by atoms with E-state index in [2.05, 4.69) is 74.8 Å². The van der Waals surface area contributed by atoms with Crippen LogP contribution < -0.4 is 10.6 Å². The molecule has 3 heterocycles. The number of tetrazole rings is 1. The van der Waals surface area contributed by atoms with Crippen molar-refractivity contribution in [1.82, 2.24) is 29.8 Å². The molecule has 8 nitrogen and oxygen atoms in total. The molecule has 9 heteroatoms. The first-order valence-electron chi connectivity index (χ1n) is 11.3. The predicted molar refractivity (Wildman–Crippen MR) is 135 cm³/mol. The highest BCUT2D eigenvalue weighted by Gasteiger charge is 2.35. The van der Waals surface area contributed by atoms with Gasteiger partial charge in [-0.15, -0.1) is 0 Å². The van der Waals surface area contributed by atoms with Crippen LogP contribution in [0.15, 0.2) is 79.3 Å². The minimum atomic E-state index is -0.337. The molecule has 5 aromatic rings. The SMILES string of the molecule is Cc1ccc(N2c3ccc(C(N)c4cncn4C)cc3C(c3cccc(Cl)c3)n3nnnc32)cc1. The lowest BCUT2D eigenvalue weighted by Gasteiger charge is -2.35. The zero-order valence-electron chi connectivity index (χ0n) is 19.2. The van der Waals surface area contributed by atoms with Gasteiger partial charge in [0.25, 0.3) is 5.95 Å². The van der Waals surface area contributed by atoms with E-state index in [-0.39, 0.29) is 12.1 Å². The van der Waals surface area contributed by atoms with Crippen molar-refractivity contribution < 1.29 is 0 Å². The highest BCUT2D eigenvalue weighted by Crippen LogP contribution is 2.47. The Morgan fingerprint density at radius 2 is 1.86 bits per heavy atom. The van der Waals surface area contributed by atoms with Crippen LogP contribution in [0.25, 0.3) is 0 Å². The molecule has 3 aromatic carbocycles. The fourth-order valence-electron chi connectivity index (χ4n) is 4.72. The molecule has 2 atom stereocenters. The first-order chi connectivity index (χ1) is 17.0. The van der Waals surface area contributed by atoms with Gasteiger partial charge in [-0.2, -0.15) is 4.68 Å². The summed E-state index contributed by atoms with van der Waals surface area (Å²) >= 11 is 6.40.